The number of nitrogen functional groups attached to an aromatic ring is 1. The molecule has 0 aromatic heterocycles. The minimum Gasteiger partial charge on any atom is -0.506 e. The Bertz CT molecular complexity index is 525. The third-order valence-electron chi connectivity index (χ3n) is 3.21. The van der Waals surface area contributed by atoms with Gasteiger partial charge in [0.15, 0.2) is 0 Å². The van der Waals surface area contributed by atoms with Gasteiger partial charge in [0.1, 0.15) is 11.4 Å². The fourth-order valence-electron chi connectivity index (χ4n) is 1.91. The smallest absolute Gasteiger partial charge is 0.408 e. The van der Waals surface area contributed by atoms with Crippen molar-refractivity contribution in [2.24, 2.45) is 0 Å². The summed E-state index contributed by atoms with van der Waals surface area (Å²) in [7, 11) is 0. The number of aryl methyl sites for hydroxylation is 1. The molecule has 124 valence electrons. The number of phenols is 1. The number of carbonyl (C=O) groups excluding carboxylic acids is 1. The normalized spacial score (nSPS) is 14.2. The molecule has 1 atom stereocenters. The van der Waals surface area contributed by atoms with E-state index in [1.54, 1.807) is 39.8 Å². The molecule has 1 amide bonds. The molecular formula is C16H26N2O4. The topological polar surface area (TPSA) is 105 Å². The molecule has 1 rings (SSSR count). The zero-order valence-corrected chi connectivity index (χ0v) is 13.6. The number of anilines is 1. The number of benzene rings is 1. The van der Waals surface area contributed by atoms with Crippen LogP contribution in [-0.2, 0) is 11.2 Å². The number of hydrogen-bond donors (Lipinski definition) is 4. The van der Waals surface area contributed by atoms with Crippen LogP contribution in [0.5, 0.6) is 5.75 Å². The van der Waals surface area contributed by atoms with Crippen LogP contribution in [0, 0.1) is 0 Å². The summed E-state index contributed by atoms with van der Waals surface area (Å²) in [6.45, 7) is 6.88. The van der Waals surface area contributed by atoms with Gasteiger partial charge in [0.25, 0.3) is 0 Å². The van der Waals surface area contributed by atoms with Gasteiger partial charge in [0.05, 0.1) is 17.8 Å². The molecule has 22 heavy (non-hydrogen) atoms. The lowest BCUT2D eigenvalue weighted by Gasteiger charge is -2.30. The van der Waals surface area contributed by atoms with Crippen LogP contribution in [0.1, 0.15) is 39.7 Å². The predicted molar refractivity (Wildman–Crippen MR) is 85.7 cm³/mol. The Kier molecular flexibility index (Phi) is 5.65. The maximum Gasteiger partial charge on any atom is 0.408 e. The molecule has 0 heterocycles. The van der Waals surface area contributed by atoms with Crippen molar-refractivity contribution >= 4 is 11.8 Å². The summed E-state index contributed by atoms with van der Waals surface area (Å²) in [5.41, 5.74) is 5.49. The number of aliphatic hydroxyl groups excluding tert-OH is 1. The predicted octanol–water partition coefficient (Wildman–Crippen LogP) is 2.18. The maximum absolute atomic E-state index is 11.8. The van der Waals surface area contributed by atoms with Crippen LogP contribution in [-0.4, -0.2) is 34.1 Å². The molecule has 0 aliphatic carbocycles. The highest BCUT2D eigenvalue weighted by atomic mass is 16.6. The molecule has 6 heteroatoms. The summed E-state index contributed by atoms with van der Waals surface area (Å²) < 4.78 is 5.21. The Balaban J connectivity index is 2.66. The van der Waals surface area contributed by atoms with Crippen molar-refractivity contribution in [3.8, 4) is 5.75 Å². The zero-order chi connectivity index (χ0) is 17.0. The minimum absolute atomic E-state index is 0.0422. The van der Waals surface area contributed by atoms with Crippen molar-refractivity contribution in [2.75, 3.05) is 12.3 Å². The van der Waals surface area contributed by atoms with Gasteiger partial charge in [0.2, 0.25) is 0 Å². The third kappa shape index (κ3) is 5.81. The summed E-state index contributed by atoms with van der Waals surface area (Å²) in [5.74, 6) is 0.0422. The van der Waals surface area contributed by atoms with Crippen molar-refractivity contribution in [3.63, 3.8) is 0 Å². The summed E-state index contributed by atoms with van der Waals surface area (Å²) in [4.78, 5) is 11.8. The van der Waals surface area contributed by atoms with Crippen LogP contribution in [0.25, 0.3) is 0 Å². The first-order valence-corrected chi connectivity index (χ1v) is 7.24. The molecule has 1 aromatic carbocycles. The van der Waals surface area contributed by atoms with Crippen molar-refractivity contribution in [1.29, 1.82) is 0 Å². The number of carbonyl (C=O) groups is 1. The van der Waals surface area contributed by atoms with E-state index in [4.69, 9.17) is 10.5 Å². The fraction of sp³-hybridized carbons (Fsp3) is 0.562. The Morgan fingerprint density at radius 3 is 2.45 bits per heavy atom. The lowest BCUT2D eigenvalue weighted by Crippen LogP contribution is -2.50. The van der Waals surface area contributed by atoms with E-state index in [0.29, 0.717) is 18.5 Å². The molecular weight excluding hydrogens is 284 g/mol. The van der Waals surface area contributed by atoms with Gasteiger partial charge in [-0.1, -0.05) is 6.07 Å². The molecule has 0 fully saturated rings. The number of phenolic OH excluding ortho intramolecular Hbond substituents is 1. The van der Waals surface area contributed by atoms with Crippen LogP contribution >= 0.6 is 0 Å². The molecule has 0 radical (unpaired) electrons. The zero-order valence-electron chi connectivity index (χ0n) is 13.6. The second-order valence-electron chi connectivity index (χ2n) is 6.74. The average Bonchev–Trinajstić information content (AvgIpc) is 2.38. The first-order chi connectivity index (χ1) is 10.0. The average molecular weight is 310 g/mol. The highest BCUT2D eigenvalue weighted by Crippen LogP contribution is 2.23. The molecule has 0 spiro atoms. The second-order valence-corrected chi connectivity index (χ2v) is 6.74. The first kappa shape index (κ1) is 18.1. The van der Waals surface area contributed by atoms with Gasteiger partial charge in [0, 0.05) is 0 Å². The van der Waals surface area contributed by atoms with E-state index in [1.807, 2.05) is 0 Å². The lowest BCUT2D eigenvalue weighted by molar-refractivity contribution is 0.0407. The van der Waals surface area contributed by atoms with Crippen LogP contribution in [0.2, 0.25) is 0 Å². The van der Waals surface area contributed by atoms with E-state index in [0.717, 1.165) is 5.56 Å². The summed E-state index contributed by atoms with van der Waals surface area (Å²) in [6.07, 6.45) is 0.541. The van der Waals surface area contributed by atoms with Gasteiger partial charge in [-0.3, -0.25) is 0 Å². The molecule has 0 saturated heterocycles. The molecule has 1 unspecified atom stereocenters. The van der Waals surface area contributed by atoms with E-state index in [1.165, 1.54) is 6.07 Å². The van der Waals surface area contributed by atoms with Crippen LogP contribution in [0.3, 0.4) is 0 Å². The van der Waals surface area contributed by atoms with Gasteiger partial charge >= 0.3 is 6.09 Å². The third-order valence-corrected chi connectivity index (χ3v) is 3.21. The van der Waals surface area contributed by atoms with E-state index < -0.39 is 17.2 Å². The van der Waals surface area contributed by atoms with Gasteiger partial charge in [-0.15, -0.1) is 0 Å². The Labute approximate surface area is 131 Å². The number of aromatic hydroxyl groups is 1. The van der Waals surface area contributed by atoms with Crippen molar-refractivity contribution in [1.82, 2.24) is 5.32 Å². The molecule has 5 N–H and O–H groups in total. The van der Waals surface area contributed by atoms with Crippen molar-refractivity contribution in [3.05, 3.63) is 23.8 Å². The van der Waals surface area contributed by atoms with Gasteiger partial charge in [-0.05, 0) is 58.2 Å². The van der Waals surface area contributed by atoms with Crippen molar-refractivity contribution in [2.45, 2.75) is 51.7 Å². The summed E-state index contributed by atoms with van der Waals surface area (Å²) in [6, 6.07) is 4.97. The molecule has 6 nitrogen and oxygen atoms in total. The highest BCUT2D eigenvalue weighted by Gasteiger charge is 2.28. The van der Waals surface area contributed by atoms with Gasteiger partial charge < -0.3 is 26.0 Å². The van der Waals surface area contributed by atoms with E-state index in [9.17, 15) is 15.0 Å². The van der Waals surface area contributed by atoms with Crippen LogP contribution in [0.15, 0.2) is 18.2 Å². The van der Waals surface area contributed by atoms with E-state index in [2.05, 4.69) is 5.32 Å². The number of nitrogens with one attached hydrogen (secondary N) is 1. The molecule has 0 aliphatic rings. The lowest BCUT2D eigenvalue weighted by atomic mass is 9.94. The first-order valence-electron chi connectivity index (χ1n) is 7.24. The van der Waals surface area contributed by atoms with Crippen molar-refractivity contribution < 1.29 is 19.7 Å². The quantitative estimate of drug-likeness (QED) is 0.493. The largest absolute Gasteiger partial charge is 0.506 e. The van der Waals surface area contributed by atoms with Crippen LogP contribution < -0.4 is 11.1 Å². The summed E-state index contributed by atoms with van der Waals surface area (Å²) >= 11 is 0. The molecule has 0 aliphatic heterocycles. The number of ether oxygens (including phenoxy) is 1. The SMILES string of the molecule is CC(CO)(CCc1ccc(O)c(N)c1)NC(=O)OC(C)(C)C. The number of aliphatic hydroxyl groups is 1. The second kappa shape index (κ2) is 6.87. The number of nitrogens with two attached hydrogens (primary N) is 1. The highest BCUT2D eigenvalue weighted by molar-refractivity contribution is 5.68. The Morgan fingerprint density at radius 2 is 1.95 bits per heavy atom. The maximum atomic E-state index is 11.8. The number of alkyl carbamates (subject to hydrolysis) is 1. The number of rotatable bonds is 5. The number of amides is 1. The fourth-order valence-corrected chi connectivity index (χ4v) is 1.91. The molecule has 0 bridgehead atoms. The van der Waals surface area contributed by atoms with E-state index >= 15 is 0 Å². The minimum atomic E-state index is -0.797. The standard InChI is InChI=1S/C16H26N2O4/c1-15(2,3)22-14(21)18-16(4,10-19)8-7-11-5-6-13(20)12(17)9-11/h5-6,9,19-20H,7-8,10,17H2,1-4H3,(H,18,21). The van der Waals surface area contributed by atoms with Gasteiger partial charge in [-0.25, -0.2) is 4.79 Å². The van der Waals surface area contributed by atoms with Crippen LogP contribution in [0.4, 0.5) is 10.5 Å². The van der Waals surface area contributed by atoms with E-state index in [-0.39, 0.29) is 12.4 Å². The Hall–Kier alpha value is -1.95. The number of hydrogen-bond acceptors (Lipinski definition) is 5. The molecule has 1 aromatic rings. The Morgan fingerprint density at radius 1 is 1.32 bits per heavy atom. The molecule has 0 saturated carbocycles. The van der Waals surface area contributed by atoms with Gasteiger partial charge in [-0.2, -0.15) is 0 Å². The summed E-state index contributed by atoms with van der Waals surface area (Å²) in [5, 5.41) is 21.7. The monoisotopic (exact) mass is 310 g/mol.